The first-order valence-corrected chi connectivity index (χ1v) is 10.7. The van der Waals surface area contributed by atoms with E-state index in [4.69, 9.17) is 0 Å². The zero-order valence-corrected chi connectivity index (χ0v) is 18.0. The van der Waals surface area contributed by atoms with Gasteiger partial charge in [-0.25, -0.2) is 0 Å². The van der Waals surface area contributed by atoms with Crippen molar-refractivity contribution in [3.05, 3.63) is 51.4 Å². The van der Waals surface area contributed by atoms with Gasteiger partial charge in [-0.2, -0.15) is 0 Å². The number of aryl methyl sites for hydroxylation is 3. The molecule has 0 radical (unpaired) electrons. The van der Waals surface area contributed by atoms with Crippen molar-refractivity contribution in [1.82, 2.24) is 9.47 Å². The Balaban J connectivity index is 1.80. The molecule has 1 aromatic heterocycles. The fourth-order valence-corrected chi connectivity index (χ4v) is 4.80. The maximum atomic E-state index is 12.4. The molecule has 2 aromatic rings. The second kappa shape index (κ2) is 8.09. The second-order valence-electron chi connectivity index (χ2n) is 8.63. The molecule has 4 rings (SSSR count). The van der Waals surface area contributed by atoms with Gasteiger partial charge in [0.25, 0.3) is 5.56 Å². The average molecular weight is 408 g/mol. The van der Waals surface area contributed by atoms with Crippen molar-refractivity contribution in [2.24, 2.45) is 7.05 Å². The van der Waals surface area contributed by atoms with E-state index in [2.05, 4.69) is 17.4 Å². The van der Waals surface area contributed by atoms with Crippen LogP contribution in [0.5, 0.6) is 0 Å². The molecular weight excluding hydrogens is 378 g/mol. The molecule has 0 saturated heterocycles. The Labute approximate surface area is 176 Å². The van der Waals surface area contributed by atoms with Gasteiger partial charge in [0.15, 0.2) is 0 Å². The molecule has 158 valence electrons. The molecular formula is C24H29N3O3. The molecule has 0 bridgehead atoms. The number of pyridine rings is 1. The molecule has 6 heteroatoms. The van der Waals surface area contributed by atoms with Gasteiger partial charge >= 0.3 is 0 Å². The molecule has 1 aromatic carbocycles. The van der Waals surface area contributed by atoms with Gasteiger partial charge < -0.3 is 14.8 Å². The summed E-state index contributed by atoms with van der Waals surface area (Å²) >= 11 is 0. The number of aromatic nitrogens is 1. The largest absolute Gasteiger partial charge is 0.336 e. The molecule has 1 aliphatic carbocycles. The van der Waals surface area contributed by atoms with Crippen molar-refractivity contribution in [1.29, 1.82) is 0 Å². The normalized spacial score (nSPS) is 16.3. The minimum atomic E-state index is -0.00631. The first-order valence-electron chi connectivity index (χ1n) is 10.7. The molecule has 1 fully saturated rings. The molecule has 0 unspecified atom stereocenters. The third-order valence-corrected chi connectivity index (χ3v) is 6.39. The number of carbonyl (C=O) groups excluding carboxylic acids is 2. The van der Waals surface area contributed by atoms with Gasteiger partial charge in [-0.15, -0.1) is 0 Å². The van der Waals surface area contributed by atoms with Crippen molar-refractivity contribution in [2.45, 2.75) is 65.0 Å². The number of nitrogens with zero attached hydrogens (tertiary/aromatic N) is 2. The van der Waals surface area contributed by atoms with Gasteiger partial charge in [0, 0.05) is 50.4 Å². The fraction of sp³-hybridized carbons (Fsp3) is 0.458. The van der Waals surface area contributed by atoms with E-state index in [1.54, 1.807) is 18.5 Å². The summed E-state index contributed by atoms with van der Waals surface area (Å²) in [6.45, 7) is 3.94. The van der Waals surface area contributed by atoms with Crippen molar-refractivity contribution in [3.8, 4) is 11.1 Å². The topological polar surface area (TPSA) is 71.4 Å². The minimum Gasteiger partial charge on any atom is -0.336 e. The second-order valence-corrected chi connectivity index (χ2v) is 8.63. The number of amides is 2. The molecule has 1 saturated carbocycles. The van der Waals surface area contributed by atoms with Crippen LogP contribution in [0.4, 0.5) is 5.69 Å². The molecule has 0 atom stereocenters. The predicted molar refractivity (Wildman–Crippen MR) is 117 cm³/mol. The summed E-state index contributed by atoms with van der Waals surface area (Å²) < 4.78 is 1.60. The Hall–Kier alpha value is -2.89. The van der Waals surface area contributed by atoms with Crippen LogP contribution in [0.3, 0.4) is 0 Å². The van der Waals surface area contributed by atoms with Gasteiger partial charge in [0.1, 0.15) is 0 Å². The number of carbonyl (C=O) groups is 2. The summed E-state index contributed by atoms with van der Waals surface area (Å²) in [5.41, 5.74) is 5.56. The van der Waals surface area contributed by atoms with Crippen LogP contribution in [0.2, 0.25) is 0 Å². The first-order chi connectivity index (χ1) is 14.3. The molecule has 1 aliphatic heterocycles. The number of fused-ring (bicyclic) bond motifs is 1. The van der Waals surface area contributed by atoms with Crippen LogP contribution >= 0.6 is 0 Å². The summed E-state index contributed by atoms with van der Waals surface area (Å²) in [5.74, 6) is 0.0887. The van der Waals surface area contributed by atoms with Crippen LogP contribution in [0, 0.1) is 6.92 Å². The molecule has 1 N–H and O–H groups in total. The summed E-state index contributed by atoms with van der Waals surface area (Å²) in [4.78, 5) is 38.6. The van der Waals surface area contributed by atoms with E-state index in [9.17, 15) is 14.4 Å². The standard InChI is InChI=1S/C24H29N3O3/c1-15-10-19(13-26(3)24(15)30)18-11-17-8-9-22(29)25-23(17)20(12-18)14-27(16(2)28)21-6-4-5-7-21/h10-13,21H,4-9,14H2,1-3H3,(H,25,29). The van der Waals surface area contributed by atoms with Crippen LogP contribution in [-0.2, 0) is 29.6 Å². The van der Waals surface area contributed by atoms with Crippen LogP contribution in [-0.4, -0.2) is 27.3 Å². The van der Waals surface area contributed by atoms with E-state index in [1.807, 2.05) is 24.1 Å². The summed E-state index contributed by atoms with van der Waals surface area (Å²) in [7, 11) is 1.76. The number of hydrogen-bond acceptors (Lipinski definition) is 3. The van der Waals surface area contributed by atoms with Gasteiger partial charge in [-0.1, -0.05) is 12.8 Å². The van der Waals surface area contributed by atoms with Crippen LogP contribution in [0.15, 0.2) is 29.2 Å². The Morgan fingerprint density at radius 2 is 1.87 bits per heavy atom. The minimum absolute atomic E-state index is 0.00631. The quantitative estimate of drug-likeness (QED) is 0.843. The average Bonchev–Trinajstić information content (AvgIpc) is 3.23. The molecule has 2 amide bonds. The highest BCUT2D eigenvalue weighted by atomic mass is 16.2. The van der Waals surface area contributed by atoms with E-state index in [-0.39, 0.29) is 23.4 Å². The molecule has 2 heterocycles. The molecule has 0 spiro atoms. The van der Waals surface area contributed by atoms with Crippen molar-refractivity contribution in [3.63, 3.8) is 0 Å². The Kier molecular flexibility index (Phi) is 5.50. The summed E-state index contributed by atoms with van der Waals surface area (Å²) in [6, 6.07) is 6.34. The van der Waals surface area contributed by atoms with Gasteiger partial charge in [-0.05, 0) is 66.6 Å². The molecule has 6 nitrogen and oxygen atoms in total. The van der Waals surface area contributed by atoms with Crippen LogP contribution in [0.25, 0.3) is 11.1 Å². The highest BCUT2D eigenvalue weighted by Gasteiger charge is 2.27. The van der Waals surface area contributed by atoms with Gasteiger partial charge in [-0.3, -0.25) is 14.4 Å². The van der Waals surface area contributed by atoms with E-state index >= 15 is 0 Å². The number of rotatable bonds is 4. The lowest BCUT2D eigenvalue weighted by atomic mass is 9.93. The Morgan fingerprint density at radius 3 is 2.53 bits per heavy atom. The number of hydrogen-bond donors (Lipinski definition) is 1. The number of anilines is 1. The predicted octanol–water partition coefficient (Wildman–Crippen LogP) is 3.54. The molecule has 2 aliphatic rings. The van der Waals surface area contributed by atoms with E-state index in [0.29, 0.717) is 24.9 Å². The molecule has 30 heavy (non-hydrogen) atoms. The lowest BCUT2D eigenvalue weighted by Gasteiger charge is -2.30. The SMILES string of the molecule is CC(=O)N(Cc1cc(-c2cc(C)c(=O)n(C)c2)cc2c1NC(=O)CC2)C1CCCC1. The van der Waals surface area contributed by atoms with Gasteiger partial charge in [0.05, 0.1) is 0 Å². The third kappa shape index (κ3) is 3.91. The highest BCUT2D eigenvalue weighted by Crippen LogP contribution is 2.35. The number of benzene rings is 1. The van der Waals surface area contributed by atoms with Crippen molar-refractivity contribution < 1.29 is 9.59 Å². The zero-order valence-electron chi connectivity index (χ0n) is 18.0. The van der Waals surface area contributed by atoms with Crippen molar-refractivity contribution >= 4 is 17.5 Å². The highest BCUT2D eigenvalue weighted by molar-refractivity contribution is 5.95. The van der Waals surface area contributed by atoms with E-state index in [1.165, 1.54) is 0 Å². The monoisotopic (exact) mass is 407 g/mol. The number of nitrogens with one attached hydrogen (secondary N) is 1. The summed E-state index contributed by atoms with van der Waals surface area (Å²) in [5, 5.41) is 3.04. The zero-order chi connectivity index (χ0) is 21.4. The smallest absolute Gasteiger partial charge is 0.253 e. The van der Waals surface area contributed by atoms with Crippen LogP contribution in [0.1, 0.15) is 55.7 Å². The fourth-order valence-electron chi connectivity index (χ4n) is 4.80. The van der Waals surface area contributed by atoms with E-state index in [0.717, 1.165) is 53.6 Å². The van der Waals surface area contributed by atoms with Crippen LogP contribution < -0.4 is 10.9 Å². The summed E-state index contributed by atoms with van der Waals surface area (Å²) in [6.07, 6.45) is 7.36. The third-order valence-electron chi connectivity index (χ3n) is 6.39. The maximum absolute atomic E-state index is 12.4. The van der Waals surface area contributed by atoms with Crippen molar-refractivity contribution in [2.75, 3.05) is 5.32 Å². The van der Waals surface area contributed by atoms with E-state index < -0.39 is 0 Å². The maximum Gasteiger partial charge on any atom is 0.253 e. The lowest BCUT2D eigenvalue weighted by molar-refractivity contribution is -0.131. The lowest BCUT2D eigenvalue weighted by Crippen LogP contribution is -2.37. The Morgan fingerprint density at radius 1 is 1.13 bits per heavy atom. The van der Waals surface area contributed by atoms with Gasteiger partial charge in [0.2, 0.25) is 11.8 Å². The Bertz CT molecular complexity index is 1040. The first kappa shape index (κ1) is 20.4.